The summed E-state index contributed by atoms with van der Waals surface area (Å²) in [5.74, 6) is 0. The molecule has 1 aromatic carbocycles. The summed E-state index contributed by atoms with van der Waals surface area (Å²) in [4.78, 5) is 2.51. The molecule has 114 valence electrons. The lowest BCUT2D eigenvalue weighted by atomic mass is 10.0. The smallest absolute Gasteiger partial charge is 0.0802 e. The SMILES string of the molecule is CCCCN(CCC(O)c1ccc(C)cc1)C(C)CC. The van der Waals surface area contributed by atoms with E-state index in [1.807, 2.05) is 12.1 Å². The van der Waals surface area contributed by atoms with Crippen LogP contribution >= 0.6 is 0 Å². The number of hydrogen-bond acceptors (Lipinski definition) is 2. The molecule has 1 N–H and O–H groups in total. The lowest BCUT2D eigenvalue weighted by Gasteiger charge is -2.29. The Morgan fingerprint density at radius 3 is 2.30 bits per heavy atom. The van der Waals surface area contributed by atoms with Gasteiger partial charge in [-0.15, -0.1) is 0 Å². The maximum Gasteiger partial charge on any atom is 0.0802 e. The van der Waals surface area contributed by atoms with Crippen LogP contribution in [0, 0.1) is 6.92 Å². The quantitative estimate of drug-likeness (QED) is 0.726. The van der Waals surface area contributed by atoms with Crippen molar-refractivity contribution in [3.8, 4) is 0 Å². The number of hydrogen-bond donors (Lipinski definition) is 1. The van der Waals surface area contributed by atoms with E-state index in [-0.39, 0.29) is 6.10 Å². The summed E-state index contributed by atoms with van der Waals surface area (Å²) < 4.78 is 0. The van der Waals surface area contributed by atoms with Crippen LogP contribution in [0.2, 0.25) is 0 Å². The molecule has 0 aliphatic heterocycles. The summed E-state index contributed by atoms with van der Waals surface area (Å²) in [6.07, 6.45) is 4.11. The molecule has 20 heavy (non-hydrogen) atoms. The fourth-order valence-corrected chi connectivity index (χ4v) is 2.42. The fraction of sp³-hybridized carbons (Fsp3) is 0.667. The Kier molecular flexibility index (Phi) is 7.86. The van der Waals surface area contributed by atoms with Gasteiger partial charge in [-0.25, -0.2) is 0 Å². The second kappa shape index (κ2) is 9.15. The summed E-state index contributed by atoms with van der Waals surface area (Å²) in [6, 6.07) is 8.83. The highest BCUT2D eigenvalue weighted by Gasteiger charge is 2.14. The minimum atomic E-state index is -0.344. The van der Waals surface area contributed by atoms with Crippen molar-refractivity contribution in [1.29, 1.82) is 0 Å². The summed E-state index contributed by atoms with van der Waals surface area (Å²) in [6.45, 7) is 11.0. The van der Waals surface area contributed by atoms with Crippen molar-refractivity contribution >= 4 is 0 Å². The van der Waals surface area contributed by atoms with Crippen LogP contribution in [0.5, 0.6) is 0 Å². The average molecular weight is 277 g/mol. The molecular formula is C18H31NO. The van der Waals surface area contributed by atoms with Gasteiger partial charge in [-0.1, -0.05) is 50.1 Å². The van der Waals surface area contributed by atoms with E-state index in [4.69, 9.17) is 0 Å². The van der Waals surface area contributed by atoms with Crippen LogP contribution < -0.4 is 0 Å². The van der Waals surface area contributed by atoms with Crippen LogP contribution in [0.3, 0.4) is 0 Å². The van der Waals surface area contributed by atoms with Crippen molar-refractivity contribution in [2.24, 2.45) is 0 Å². The molecule has 0 amide bonds. The Morgan fingerprint density at radius 2 is 1.75 bits per heavy atom. The van der Waals surface area contributed by atoms with E-state index in [9.17, 15) is 5.11 Å². The number of aryl methyl sites for hydroxylation is 1. The highest BCUT2D eigenvalue weighted by atomic mass is 16.3. The van der Waals surface area contributed by atoms with E-state index in [1.54, 1.807) is 0 Å². The molecule has 0 saturated heterocycles. The minimum absolute atomic E-state index is 0.344. The summed E-state index contributed by atoms with van der Waals surface area (Å²) in [5.41, 5.74) is 2.28. The average Bonchev–Trinajstić information content (AvgIpc) is 2.47. The van der Waals surface area contributed by atoms with E-state index in [1.165, 1.54) is 24.8 Å². The number of nitrogens with zero attached hydrogens (tertiary/aromatic N) is 1. The molecule has 0 heterocycles. The number of unbranched alkanes of at least 4 members (excludes halogenated alkanes) is 1. The summed E-state index contributed by atoms with van der Waals surface area (Å²) in [5, 5.41) is 10.3. The molecule has 0 saturated carbocycles. The van der Waals surface area contributed by atoms with Gasteiger partial charge in [0.2, 0.25) is 0 Å². The van der Waals surface area contributed by atoms with E-state index in [0.717, 1.165) is 25.1 Å². The molecule has 2 atom stereocenters. The normalized spacial score (nSPS) is 14.5. The molecule has 2 heteroatoms. The molecule has 0 aliphatic carbocycles. The maximum absolute atomic E-state index is 10.3. The Morgan fingerprint density at radius 1 is 1.10 bits per heavy atom. The molecule has 0 spiro atoms. The Hall–Kier alpha value is -0.860. The van der Waals surface area contributed by atoms with Gasteiger partial charge in [-0.3, -0.25) is 0 Å². The molecule has 0 aliphatic rings. The van der Waals surface area contributed by atoms with Gasteiger partial charge < -0.3 is 10.0 Å². The summed E-state index contributed by atoms with van der Waals surface area (Å²) >= 11 is 0. The largest absolute Gasteiger partial charge is 0.388 e. The van der Waals surface area contributed by atoms with Crippen molar-refractivity contribution in [3.63, 3.8) is 0 Å². The first-order valence-electron chi connectivity index (χ1n) is 8.07. The van der Waals surface area contributed by atoms with Gasteiger partial charge >= 0.3 is 0 Å². The van der Waals surface area contributed by atoms with Crippen LogP contribution in [-0.2, 0) is 0 Å². The summed E-state index contributed by atoms with van der Waals surface area (Å²) in [7, 11) is 0. The van der Waals surface area contributed by atoms with Crippen molar-refractivity contribution < 1.29 is 5.11 Å². The minimum Gasteiger partial charge on any atom is -0.388 e. The third kappa shape index (κ3) is 5.64. The molecule has 0 radical (unpaired) electrons. The number of aliphatic hydroxyl groups excluding tert-OH is 1. The monoisotopic (exact) mass is 277 g/mol. The second-order valence-electron chi connectivity index (χ2n) is 5.86. The Balaban J connectivity index is 2.50. The van der Waals surface area contributed by atoms with Crippen molar-refractivity contribution in [2.75, 3.05) is 13.1 Å². The third-order valence-corrected chi connectivity index (χ3v) is 4.16. The zero-order valence-corrected chi connectivity index (χ0v) is 13.6. The first kappa shape index (κ1) is 17.2. The van der Waals surface area contributed by atoms with Crippen molar-refractivity contribution in [2.45, 2.75) is 65.5 Å². The molecule has 0 fully saturated rings. The van der Waals surface area contributed by atoms with Gasteiger partial charge in [0.15, 0.2) is 0 Å². The zero-order chi connectivity index (χ0) is 15.0. The zero-order valence-electron chi connectivity index (χ0n) is 13.6. The van der Waals surface area contributed by atoms with Gasteiger partial charge in [0.25, 0.3) is 0 Å². The Labute approximate surface area is 124 Å². The molecule has 0 bridgehead atoms. The topological polar surface area (TPSA) is 23.5 Å². The molecule has 2 unspecified atom stereocenters. The van der Waals surface area contributed by atoms with E-state index >= 15 is 0 Å². The number of benzene rings is 1. The highest BCUT2D eigenvalue weighted by Crippen LogP contribution is 2.18. The van der Waals surface area contributed by atoms with Gasteiger partial charge in [-0.2, -0.15) is 0 Å². The first-order chi connectivity index (χ1) is 9.58. The standard InChI is InChI=1S/C18H31NO/c1-5-7-13-19(16(4)6-2)14-12-18(20)17-10-8-15(3)9-11-17/h8-11,16,18,20H,5-7,12-14H2,1-4H3. The van der Waals surface area contributed by atoms with E-state index in [0.29, 0.717) is 6.04 Å². The van der Waals surface area contributed by atoms with Gasteiger partial charge in [0, 0.05) is 12.6 Å². The van der Waals surface area contributed by atoms with Crippen molar-refractivity contribution in [3.05, 3.63) is 35.4 Å². The van der Waals surface area contributed by atoms with Gasteiger partial charge in [0.05, 0.1) is 6.10 Å². The van der Waals surface area contributed by atoms with Crippen molar-refractivity contribution in [1.82, 2.24) is 4.90 Å². The van der Waals surface area contributed by atoms with Crippen LogP contribution in [0.1, 0.15) is 63.7 Å². The fourth-order valence-electron chi connectivity index (χ4n) is 2.42. The van der Waals surface area contributed by atoms with Crippen LogP contribution in [0.15, 0.2) is 24.3 Å². The molecular weight excluding hydrogens is 246 g/mol. The lowest BCUT2D eigenvalue weighted by molar-refractivity contribution is 0.124. The predicted octanol–water partition coefficient (Wildman–Crippen LogP) is 4.32. The van der Waals surface area contributed by atoms with E-state index in [2.05, 4.69) is 44.7 Å². The third-order valence-electron chi connectivity index (χ3n) is 4.16. The van der Waals surface area contributed by atoms with Crippen LogP contribution in [0.25, 0.3) is 0 Å². The van der Waals surface area contributed by atoms with Gasteiger partial charge in [-0.05, 0) is 45.2 Å². The van der Waals surface area contributed by atoms with Gasteiger partial charge in [0.1, 0.15) is 0 Å². The highest BCUT2D eigenvalue weighted by molar-refractivity contribution is 5.23. The number of rotatable bonds is 9. The molecule has 1 rings (SSSR count). The van der Waals surface area contributed by atoms with Crippen LogP contribution in [0.4, 0.5) is 0 Å². The Bertz CT molecular complexity index is 360. The molecule has 0 aromatic heterocycles. The predicted molar refractivity (Wildman–Crippen MR) is 87.0 cm³/mol. The second-order valence-corrected chi connectivity index (χ2v) is 5.86. The molecule has 2 nitrogen and oxygen atoms in total. The number of aliphatic hydroxyl groups is 1. The maximum atomic E-state index is 10.3. The molecule has 1 aromatic rings. The van der Waals surface area contributed by atoms with E-state index < -0.39 is 0 Å². The van der Waals surface area contributed by atoms with Crippen LogP contribution in [-0.4, -0.2) is 29.1 Å². The first-order valence-corrected chi connectivity index (χ1v) is 8.07. The lowest BCUT2D eigenvalue weighted by Crippen LogP contribution is -2.35.